The molecule has 4 nitrogen and oxygen atoms in total. The fourth-order valence-electron chi connectivity index (χ4n) is 3.40. The van der Waals surface area contributed by atoms with Crippen LogP contribution in [0, 0.1) is 5.92 Å². The van der Waals surface area contributed by atoms with Crippen LogP contribution in [0.25, 0.3) is 0 Å². The molecular weight excluding hydrogens is 276 g/mol. The van der Waals surface area contributed by atoms with E-state index in [2.05, 4.69) is 22.8 Å². The number of benzene rings is 1. The average Bonchev–Trinajstić information content (AvgIpc) is 3.24. The molecule has 0 aromatic heterocycles. The van der Waals surface area contributed by atoms with Crippen LogP contribution >= 0.6 is 0 Å². The highest BCUT2D eigenvalue weighted by atomic mass is 16.5. The van der Waals surface area contributed by atoms with Crippen molar-refractivity contribution < 1.29 is 9.53 Å². The fourth-order valence-corrected chi connectivity index (χ4v) is 3.40. The number of amides is 1. The maximum Gasteiger partial charge on any atom is 0.234 e. The van der Waals surface area contributed by atoms with Crippen molar-refractivity contribution in [3.63, 3.8) is 0 Å². The summed E-state index contributed by atoms with van der Waals surface area (Å²) in [5, 5.41) is 6.57. The van der Waals surface area contributed by atoms with Crippen molar-refractivity contribution in [1.82, 2.24) is 10.6 Å². The van der Waals surface area contributed by atoms with Gasteiger partial charge in [0.05, 0.1) is 19.2 Å². The molecule has 1 aromatic carbocycles. The van der Waals surface area contributed by atoms with Crippen molar-refractivity contribution in [1.29, 1.82) is 0 Å². The smallest absolute Gasteiger partial charge is 0.234 e. The number of hydrogen-bond acceptors (Lipinski definition) is 3. The maximum atomic E-state index is 12.3. The maximum absolute atomic E-state index is 12.3. The predicted octanol–water partition coefficient (Wildman–Crippen LogP) is 2.58. The number of carbonyl (C=O) groups is 1. The van der Waals surface area contributed by atoms with Gasteiger partial charge in [-0.15, -0.1) is 0 Å². The summed E-state index contributed by atoms with van der Waals surface area (Å²) >= 11 is 0. The van der Waals surface area contributed by atoms with E-state index in [9.17, 15) is 4.79 Å². The van der Waals surface area contributed by atoms with Gasteiger partial charge in [0.25, 0.3) is 0 Å². The molecule has 0 aliphatic heterocycles. The van der Waals surface area contributed by atoms with Crippen molar-refractivity contribution in [3.8, 4) is 5.75 Å². The van der Waals surface area contributed by atoms with Crippen LogP contribution in [-0.2, 0) is 10.3 Å². The SMILES string of the molecule is COc1ccc(C2(NC(=O)CNCC3CC3)CCCC2)cc1. The minimum absolute atomic E-state index is 0.110. The van der Waals surface area contributed by atoms with Crippen molar-refractivity contribution in [2.45, 2.75) is 44.1 Å². The second-order valence-corrected chi connectivity index (χ2v) is 6.64. The van der Waals surface area contributed by atoms with E-state index in [1.165, 1.54) is 31.2 Å². The van der Waals surface area contributed by atoms with E-state index in [1.54, 1.807) is 7.11 Å². The van der Waals surface area contributed by atoms with Gasteiger partial charge in [0, 0.05) is 0 Å². The molecule has 0 radical (unpaired) electrons. The third-order valence-electron chi connectivity index (χ3n) is 4.89. The molecule has 0 unspecified atom stereocenters. The Morgan fingerprint density at radius 1 is 1.23 bits per heavy atom. The summed E-state index contributed by atoms with van der Waals surface area (Å²) in [5.74, 6) is 1.77. The first-order valence-electron chi connectivity index (χ1n) is 8.38. The summed E-state index contributed by atoms with van der Waals surface area (Å²) in [6, 6.07) is 8.13. The van der Waals surface area contributed by atoms with Gasteiger partial charge in [-0.25, -0.2) is 0 Å². The van der Waals surface area contributed by atoms with Gasteiger partial charge in [-0.05, 0) is 55.8 Å². The van der Waals surface area contributed by atoms with Crippen molar-refractivity contribution in [2.75, 3.05) is 20.2 Å². The van der Waals surface area contributed by atoms with Crippen LogP contribution in [0.1, 0.15) is 44.1 Å². The molecule has 0 bridgehead atoms. The zero-order chi connectivity index (χ0) is 15.4. The van der Waals surface area contributed by atoms with Crippen LogP contribution in [0.15, 0.2) is 24.3 Å². The van der Waals surface area contributed by atoms with E-state index in [-0.39, 0.29) is 11.4 Å². The fraction of sp³-hybridized carbons (Fsp3) is 0.611. The van der Waals surface area contributed by atoms with Crippen LogP contribution in [0.5, 0.6) is 5.75 Å². The van der Waals surface area contributed by atoms with Crippen molar-refractivity contribution >= 4 is 5.91 Å². The van der Waals surface area contributed by atoms with Gasteiger partial charge < -0.3 is 15.4 Å². The van der Waals surface area contributed by atoms with Crippen LogP contribution in [0.3, 0.4) is 0 Å². The summed E-state index contributed by atoms with van der Waals surface area (Å²) < 4.78 is 5.23. The Morgan fingerprint density at radius 3 is 2.50 bits per heavy atom. The van der Waals surface area contributed by atoms with Gasteiger partial charge in [-0.3, -0.25) is 4.79 Å². The number of nitrogens with one attached hydrogen (secondary N) is 2. The number of hydrogen-bond donors (Lipinski definition) is 2. The largest absolute Gasteiger partial charge is 0.497 e. The molecule has 0 atom stereocenters. The molecule has 120 valence electrons. The molecule has 2 fully saturated rings. The molecule has 4 heteroatoms. The second kappa shape index (κ2) is 6.69. The summed E-state index contributed by atoms with van der Waals surface area (Å²) in [4.78, 5) is 12.3. The summed E-state index contributed by atoms with van der Waals surface area (Å²) in [6.45, 7) is 1.40. The first-order chi connectivity index (χ1) is 10.7. The van der Waals surface area contributed by atoms with Gasteiger partial charge in [-0.2, -0.15) is 0 Å². The molecule has 3 rings (SSSR count). The number of rotatable bonds is 7. The minimum Gasteiger partial charge on any atom is -0.497 e. The zero-order valence-corrected chi connectivity index (χ0v) is 13.4. The standard InChI is InChI=1S/C18H26N2O2/c1-22-16-8-6-15(7-9-16)18(10-2-3-11-18)20-17(21)13-19-12-14-4-5-14/h6-9,14,19H,2-5,10-13H2,1H3,(H,20,21). The summed E-state index contributed by atoms with van der Waals surface area (Å²) in [5.41, 5.74) is 1.01. The normalized spacial score (nSPS) is 19.9. The monoisotopic (exact) mass is 302 g/mol. The second-order valence-electron chi connectivity index (χ2n) is 6.64. The Balaban J connectivity index is 1.63. The van der Waals surface area contributed by atoms with Crippen LogP contribution in [0.4, 0.5) is 0 Å². The lowest BCUT2D eigenvalue weighted by Gasteiger charge is -2.31. The first kappa shape index (κ1) is 15.3. The van der Waals surface area contributed by atoms with Crippen LogP contribution in [-0.4, -0.2) is 26.1 Å². The lowest BCUT2D eigenvalue weighted by molar-refractivity contribution is -0.122. The van der Waals surface area contributed by atoms with Crippen molar-refractivity contribution in [3.05, 3.63) is 29.8 Å². The van der Waals surface area contributed by atoms with Gasteiger partial charge in [0.1, 0.15) is 5.75 Å². The average molecular weight is 302 g/mol. The van der Waals surface area contributed by atoms with Gasteiger partial charge in [-0.1, -0.05) is 25.0 Å². The quantitative estimate of drug-likeness (QED) is 0.814. The van der Waals surface area contributed by atoms with Gasteiger partial charge >= 0.3 is 0 Å². The predicted molar refractivity (Wildman–Crippen MR) is 86.9 cm³/mol. The van der Waals surface area contributed by atoms with E-state index in [4.69, 9.17) is 4.74 Å². The Kier molecular flexibility index (Phi) is 4.67. The first-order valence-corrected chi connectivity index (χ1v) is 8.38. The van der Waals surface area contributed by atoms with Crippen molar-refractivity contribution in [2.24, 2.45) is 5.92 Å². The number of ether oxygens (including phenoxy) is 1. The van der Waals surface area contributed by atoms with Crippen LogP contribution < -0.4 is 15.4 Å². The molecule has 2 N–H and O–H groups in total. The molecule has 0 heterocycles. The molecule has 2 saturated carbocycles. The highest BCUT2D eigenvalue weighted by molar-refractivity contribution is 5.79. The summed E-state index contributed by atoms with van der Waals surface area (Å²) in [7, 11) is 1.67. The summed E-state index contributed by atoms with van der Waals surface area (Å²) in [6.07, 6.45) is 7.00. The lowest BCUT2D eigenvalue weighted by Crippen LogP contribution is -2.47. The van der Waals surface area contributed by atoms with E-state index in [1.807, 2.05) is 12.1 Å². The van der Waals surface area contributed by atoms with Crippen LogP contribution in [0.2, 0.25) is 0 Å². The third-order valence-corrected chi connectivity index (χ3v) is 4.89. The molecule has 2 aliphatic carbocycles. The zero-order valence-electron chi connectivity index (χ0n) is 13.4. The third kappa shape index (κ3) is 3.61. The van der Waals surface area contributed by atoms with Gasteiger partial charge in [0.15, 0.2) is 0 Å². The van der Waals surface area contributed by atoms with E-state index in [0.29, 0.717) is 6.54 Å². The molecule has 0 saturated heterocycles. The minimum atomic E-state index is -0.190. The molecule has 22 heavy (non-hydrogen) atoms. The molecule has 1 amide bonds. The Morgan fingerprint density at radius 2 is 1.91 bits per heavy atom. The molecule has 1 aromatic rings. The van der Waals surface area contributed by atoms with Gasteiger partial charge in [0.2, 0.25) is 5.91 Å². The molecule has 2 aliphatic rings. The Labute approximate surface area is 132 Å². The highest BCUT2D eigenvalue weighted by Gasteiger charge is 2.36. The molecule has 0 spiro atoms. The Bertz CT molecular complexity index is 502. The Hall–Kier alpha value is -1.55. The number of carbonyl (C=O) groups excluding carboxylic acids is 1. The molecular formula is C18H26N2O2. The van der Waals surface area contributed by atoms with E-state index >= 15 is 0 Å². The highest BCUT2D eigenvalue weighted by Crippen LogP contribution is 2.39. The topological polar surface area (TPSA) is 50.4 Å². The van der Waals surface area contributed by atoms with E-state index < -0.39 is 0 Å². The lowest BCUT2D eigenvalue weighted by atomic mass is 9.88. The number of methoxy groups -OCH3 is 1. The van der Waals surface area contributed by atoms with E-state index in [0.717, 1.165) is 31.1 Å².